The molecular formula is C29H26O11. The second-order valence-electron chi connectivity index (χ2n) is 9.11. The number of aliphatic hydroxyl groups excluding tert-OH is 3. The number of esters is 1. The van der Waals surface area contributed by atoms with Crippen LogP contribution in [0.15, 0.2) is 82.2 Å². The number of phenolic OH excluding ortho intramolecular Hbond substituents is 1. The van der Waals surface area contributed by atoms with Gasteiger partial charge in [0.25, 0.3) is 0 Å². The molecule has 2 heterocycles. The zero-order valence-corrected chi connectivity index (χ0v) is 21.2. The summed E-state index contributed by atoms with van der Waals surface area (Å²) < 4.78 is 27.8. The van der Waals surface area contributed by atoms with Crippen LogP contribution in [-0.2, 0) is 9.47 Å². The van der Waals surface area contributed by atoms with Gasteiger partial charge < -0.3 is 43.8 Å². The number of carbonyl (C=O) groups excluding carboxylic acids is 1. The molecule has 1 saturated heterocycles. The Hall–Kier alpha value is -4.42. The molecule has 4 N–H and O–H groups in total. The first-order valence-electron chi connectivity index (χ1n) is 12.3. The third-order valence-corrected chi connectivity index (χ3v) is 6.57. The largest absolute Gasteiger partial charge is 0.508 e. The van der Waals surface area contributed by atoms with Crippen LogP contribution in [0.1, 0.15) is 10.4 Å². The lowest BCUT2D eigenvalue weighted by Gasteiger charge is -2.41. The summed E-state index contributed by atoms with van der Waals surface area (Å²) in [4.78, 5) is 25.9. The molecule has 0 saturated carbocycles. The van der Waals surface area contributed by atoms with E-state index in [0.29, 0.717) is 16.9 Å². The van der Waals surface area contributed by atoms with E-state index in [1.165, 1.54) is 48.7 Å². The molecule has 5 atom stereocenters. The molecule has 0 aliphatic carbocycles. The summed E-state index contributed by atoms with van der Waals surface area (Å²) in [6.45, 7) is -0.641. The minimum Gasteiger partial charge on any atom is -0.508 e. The number of carbonyl (C=O) groups is 1. The highest BCUT2D eigenvalue weighted by molar-refractivity contribution is 5.89. The Balaban J connectivity index is 1.41. The molecule has 0 spiro atoms. The van der Waals surface area contributed by atoms with Gasteiger partial charge in [-0.05, 0) is 54.1 Å². The Morgan fingerprint density at radius 3 is 2.33 bits per heavy atom. The molecule has 1 aromatic heterocycles. The first-order valence-corrected chi connectivity index (χ1v) is 12.3. The van der Waals surface area contributed by atoms with E-state index in [0.717, 1.165) is 0 Å². The summed E-state index contributed by atoms with van der Waals surface area (Å²) >= 11 is 0. The van der Waals surface area contributed by atoms with Crippen LogP contribution >= 0.6 is 0 Å². The Bertz CT molecular complexity index is 1550. The molecule has 0 bridgehead atoms. The number of phenols is 1. The summed E-state index contributed by atoms with van der Waals surface area (Å²) in [5, 5.41) is 40.4. The van der Waals surface area contributed by atoms with E-state index in [1.54, 1.807) is 31.4 Å². The van der Waals surface area contributed by atoms with Crippen molar-refractivity contribution in [1.29, 1.82) is 0 Å². The monoisotopic (exact) mass is 550 g/mol. The van der Waals surface area contributed by atoms with Crippen LogP contribution in [0, 0.1) is 0 Å². The van der Waals surface area contributed by atoms with Crippen molar-refractivity contribution in [2.24, 2.45) is 0 Å². The third-order valence-electron chi connectivity index (χ3n) is 6.57. The number of aromatic hydroxyl groups is 1. The Morgan fingerprint density at radius 1 is 0.950 bits per heavy atom. The van der Waals surface area contributed by atoms with Gasteiger partial charge in [0.05, 0.1) is 30.2 Å². The van der Waals surface area contributed by atoms with E-state index in [-0.39, 0.29) is 33.5 Å². The van der Waals surface area contributed by atoms with Crippen LogP contribution in [-0.4, -0.2) is 70.8 Å². The van der Waals surface area contributed by atoms with Gasteiger partial charge in [0.2, 0.25) is 6.29 Å². The fourth-order valence-electron chi connectivity index (χ4n) is 4.35. The lowest BCUT2D eigenvalue weighted by atomic mass is 9.99. The second-order valence-corrected chi connectivity index (χ2v) is 9.11. The first kappa shape index (κ1) is 27.2. The molecule has 11 nitrogen and oxygen atoms in total. The molecule has 11 heteroatoms. The second kappa shape index (κ2) is 11.4. The van der Waals surface area contributed by atoms with Gasteiger partial charge in [-0.3, -0.25) is 4.79 Å². The highest BCUT2D eigenvalue weighted by Gasteiger charge is 2.48. The van der Waals surface area contributed by atoms with E-state index in [1.807, 2.05) is 0 Å². The number of benzene rings is 3. The summed E-state index contributed by atoms with van der Waals surface area (Å²) in [5.74, 6) is -0.136. The van der Waals surface area contributed by atoms with Crippen molar-refractivity contribution >= 4 is 16.9 Å². The quantitative estimate of drug-likeness (QED) is 0.249. The minimum atomic E-state index is -1.66. The lowest BCUT2D eigenvalue weighted by molar-refractivity contribution is -0.276. The minimum absolute atomic E-state index is 0.0564. The summed E-state index contributed by atoms with van der Waals surface area (Å²) in [7, 11) is 1.55. The van der Waals surface area contributed by atoms with Gasteiger partial charge in [0.15, 0.2) is 11.5 Å². The molecule has 1 fully saturated rings. The normalized spacial score (nSPS) is 22.6. The third kappa shape index (κ3) is 5.36. The maximum Gasteiger partial charge on any atom is 0.338 e. The number of ether oxygens (including phenoxy) is 4. The molecule has 1 aliphatic heterocycles. The Kier molecular flexibility index (Phi) is 7.71. The fraction of sp³-hybridized carbons (Fsp3) is 0.241. The van der Waals surface area contributed by atoms with Gasteiger partial charge in [-0.25, -0.2) is 4.79 Å². The first-order chi connectivity index (χ1) is 19.3. The van der Waals surface area contributed by atoms with Crippen LogP contribution < -0.4 is 14.9 Å². The number of methoxy groups -OCH3 is 1. The zero-order chi connectivity index (χ0) is 28.4. The highest BCUT2D eigenvalue weighted by atomic mass is 16.7. The van der Waals surface area contributed by atoms with Crippen molar-refractivity contribution < 1.29 is 48.6 Å². The predicted octanol–water partition coefficient (Wildman–Crippen LogP) is 2.22. The topological polar surface area (TPSA) is 165 Å². The number of hydrogen-bond acceptors (Lipinski definition) is 11. The Labute approximate surface area is 227 Å². The summed E-state index contributed by atoms with van der Waals surface area (Å²) in [6.07, 6.45) is -6.08. The number of rotatable bonds is 7. The average Bonchev–Trinajstić information content (AvgIpc) is 2.97. The van der Waals surface area contributed by atoms with Gasteiger partial charge in [0.1, 0.15) is 47.4 Å². The number of aliphatic hydroxyl groups is 3. The van der Waals surface area contributed by atoms with Crippen molar-refractivity contribution in [2.75, 3.05) is 13.7 Å². The van der Waals surface area contributed by atoms with Crippen molar-refractivity contribution in [3.63, 3.8) is 0 Å². The van der Waals surface area contributed by atoms with Crippen LogP contribution in [0.2, 0.25) is 0 Å². The molecule has 3 aromatic carbocycles. The van der Waals surface area contributed by atoms with Gasteiger partial charge in [-0.1, -0.05) is 12.1 Å². The van der Waals surface area contributed by atoms with Gasteiger partial charge >= 0.3 is 5.97 Å². The highest BCUT2D eigenvalue weighted by Crippen LogP contribution is 2.30. The molecule has 208 valence electrons. The van der Waals surface area contributed by atoms with Crippen LogP contribution in [0.5, 0.6) is 17.2 Å². The molecule has 4 aromatic rings. The van der Waals surface area contributed by atoms with Gasteiger partial charge in [0, 0.05) is 6.07 Å². The number of fused-ring (bicyclic) bond motifs is 1. The van der Waals surface area contributed by atoms with Crippen LogP contribution in [0.4, 0.5) is 0 Å². The SMILES string of the molecule is COc1ccc(-c2coc3cc(OC4OC(CO)C(O)C(O)C4OC(=O)c4ccc(O)cc4)ccc3c2=O)cc1. The molecule has 0 amide bonds. The molecule has 5 rings (SSSR count). The number of hydrogen-bond donors (Lipinski definition) is 4. The maximum absolute atomic E-state index is 13.2. The lowest BCUT2D eigenvalue weighted by Crippen LogP contribution is -2.61. The van der Waals surface area contributed by atoms with E-state index in [4.69, 9.17) is 23.4 Å². The molecule has 5 unspecified atom stereocenters. The van der Waals surface area contributed by atoms with E-state index < -0.39 is 43.3 Å². The maximum atomic E-state index is 13.2. The van der Waals surface area contributed by atoms with Crippen molar-refractivity contribution in [3.05, 3.63) is 88.8 Å². The van der Waals surface area contributed by atoms with E-state index in [9.17, 15) is 30.0 Å². The molecule has 0 radical (unpaired) electrons. The van der Waals surface area contributed by atoms with E-state index in [2.05, 4.69) is 0 Å². The predicted molar refractivity (Wildman–Crippen MR) is 140 cm³/mol. The summed E-state index contributed by atoms with van der Waals surface area (Å²) in [6, 6.07) is 16.6. The average molecular weight is 551 g/mol. The molecule has 1 aliphatic rings. The van der Waals surface area contributed by atoms with Crippen molar-refractivity contribution in [2.45, 2.75) is 30.7 Å². The van der Waals surface area contributed by atoms with Gasteiger partial charge in [-0.15, -0.1) is 0 Å². The van der Waals surface area contributed by atoms with Crippen molar-refractivity contribution in [1.82, 2.24) is 0 Å². The fourth-order valence-corrected chi connectivity index (χ4v) is 4.35. The van der Waals surface area contributed by atoms with Gasteiger partial charge in [-0.2, -0.15) is 0 Å². The van der Waals surface area contributed by atoms with Crippen molar-refractivity contribution in [3.8, 4) is 28.4 Å². The van der Waals surface area contributed by atoms with E-state index >= 15 is 0 Å². The standard InChI is InChI=1S/C29H26O11/c1-36-18-8-4-15(5-9-18)21-14-37-22-12-19(10-11-20(22)24(21)32)38-29-27(26(34)25(33)23(13-30)39-29)40-28(35)16-2-6-17(31)7-3-16/h2-12,14,23,25-27,29-31,33-34H,13H2,1H3. The Morgan fingerprint density at radius 2 is 1.65 bits per heavy atom. The summed E-state index contributed by atoms with van der Waals surface area (Å²) in [5.41, 5.74) is 0.999. The van der Waals surface area contributed by atoms with Crippen LogP contribution in [0.25, 0.3) is 22.1 Å². The zero-order valence-electron chi connectivity index (χ0n) is 21.2. The van der Waals surface area contributed by atoms with Crippen LogP contribution in [0.3, 0.4) is 0 Å². The smallest absolute Gasteiger partial charge is 0.338 e. The molecule has 40 heavy (non-hydrogen) atoms. The molecular weight excluding hydrogens is 524 g/mol.